The summed E-state index contributed by atoms with van der Waals surface area (Å²) in [5.41, 5.74) is 0.326. The highest BCUT2D eigenvalue weighted by Crippen LogP contribution is 2.25. The van der Waals surface area contributed by atoms with Gasteiger partial charge in [0.05, 0.1) is 5.97 Å². The number of aromatic hydroxyl groups is 2. The third kappa shape index (κ3) is 5.23. The van der Waals surface area contributed by atoms with E-state index < -0.39 is 36.2 Å². The van der Waals surface area contributed by atoms with Gasteiger partial charge in [0, 0.05) is 18.5 Å². The summed E-state index contributed by atoms with van der Waals surface area (Å²) in [6.45, 7) is 0. The Morgan fingerprint density at radius 1 is 1.19 bits per heavy atom. The molecular weight excluding hydrogens is 284 g/mol. The van der Waals surface area contributed by atoms with Crippen molar-refractivity contribution in [3.63, 3.8) is 0 Å². The number of benzene rings is 1. The number of carboxylic acid groups (broad SMARTS) is 2. The SMILES string of the molecule is O=C([O-])CC(OC(=O)/C=C/c1ccc(O)c(O)c1)C(=O)[O-]. The predicted octanol–water partition coefficient (Wildman–Crippen LogP) is -2.09. The van der Waals surface area contributed by atoms with Gasteiger partial charge >= 0.3 is 5.97 Å². The van der Waals surface area contributed by atoms with Crippen molar-refractivity contribution >= 4 is 24.0 Å². The number of carbonyl (C=O) groups is 3. The molecule has 1 aromatic rings. The van der Waals surface area contributed by atoms with Gasteiger partial charge in [0.1, 0.15) is 6.10 Å². The molecule has 2 N–H and O–H groups in total. The molecular formula is C13H10O8-2. The van der Waals surface area contributed by atoms with E-state index in [1.807, 2.05) is 0 Å². The number of carboxylic acids is 2. The average molecular weight is 294 g/mol. The highest BCUT2D eigenvalue weighted by molar-refractivity contribution is 5.89. The van der Waals surface area contributed by atoms with Crippen molar-refractivity contribution in [1.82, 2.24) is 0 Å². The summed E-state index contributed by atoms with van der Waals surface area (Å²) in [6, 6.07) is 3.70. The molecule has 8 heteroatoms. The van der Waals surface area contributed by atoms with E-state index in [0.717, 1.165) is 12.1 Å². The second-order valence-corrected chi connectivity index (χ2v) is 3.90. The summed E-state index contributed by atoms with van der Waals surface area (Å²) in [5, 5.41) is 39.2. The van der Waals surface area contributed by atoms with Crippen LogP contribution in [0.5, 0.6) is 11.5 Å². The van der Waals surface area contributed by atoms with Gasteiger partial charge in [-0.15, -0.1) is 0 Å². The van der Waals surface area contributed by atoms with Gasteiger partial charge in [0.15, 0.2) is 11.5 Å². The van der Waals surface area contributed by atoms with Crippen molar-refractivity contribution in [2.45, 2.75) is 12.5 Å². The Labute approximate surface area is 118 Å². The zero-order chi connectivity index (χ0) is 16.0. The highest BCUT2D eigenvalue weighted by atomic mass is 16.6. The molecule has 1 unspecified atom stereocenters. The number of hydrogen-bond acceptors (Lipinski definition) is 8. The lowest BCUT2D eigenvalue weighted by atomic mass is 10.2. The zero-order valence-corrected chi connectivity index (χ0v) is 10.5. The molecule has 21 heavy (non-hydrogen) atoms. The smallest absolute Gasteiger partial charge is 0.331 e. The van der Waals surface area contributed by atoms with Crippen molar-refractivity contribution in [3.8, 4) is 11.5 Å². The predicted molar refractivity (Wildman–Crippen MR) is 63.3 cm³/mol. The van der Waals surface area contributed by atoms with Crippen molar-refractivity contribution in [3.05, 3.63) is 29.8 Å². The summed E-state index contributed by atoms with van der Waals surface area (Å²) in [7, 11) is 0. The van der Waals surface area contributed by atoms with E-state index >= 15 is 0 Å². The Hall–Kier alpha value is -3.03. The second kappa shape index (κ2) is 6.94. The number of aliphatic carboxylic acids is 2. The van der Waals surface area contributed by atoms with Crippen LogP contribution in [0.3, 0.4) is 0 Å². The molecule has 0 amide bonds. The second-order valence-electron chi connectivity index (χ2n) is 3.90. The van der Waals surface area contributed by atoms with Crippen LogP contribution in [-0.4, -0.2) is 34.2 Å². The maximum Gasteiger partial charge on any atom is 0.331 e. The fourth-order valence-corrected chi connectivity index (χ4v) is 1.31. The largest absolute Gasteiger partial charge is 0.550 e. The van der Waals surface area contributed by atoms with Crippen LogP contribution in [0.1, 0.15) is 12.0 Å². The zero-order valence-electron chi connectivity index (χ0n) is 10.5. The van der Waals surface area contributed by atoms with E-state index in [1.54, 1.807) is 0 Å². The molecule has 112 valence electrons. The molecule has 0 saturated carbocycles. The first kappa shape index (κ1) is 16.0. The highest BCUT2D eigenvalue weighted by Gasteiger charge is 2.14. The molecule has 0 bridgehead atoms. The van der Waals surface area contributed by atoms with Gasteiger partial charge in [-0.25, -0.2) is 4.79 Å². The molecule has 0 fully saturated rings. The summed E-state index contributed by atoms with van der Waals surface area (Å²) in [6.07, 6.45) is -0.980. The van der Waals surface area contributed by atoms with Crippen molar-refractivity contribution in [1.29, 1.82) is 0 Å². The third-order valence-electron chi connectivity index (χ3n) is 2.28. The van der Waals surface area contributed by atoms with Crippen molar-refractivity contribution in [2.75, 3.05) is 0 Å². The van der Waals surface area contributed by atoms with Gasteiger partial charge in [0.2, 0.25) is 0 Å². The molecule has 8 nitrogen and oxygen atoms in total. The van der Waals surface area contributed by atoms with Gasteiger partial charge < -0.3 is 34.8 Å². The molecule has 0 aliphatic rings. The van der Waals surface area contributed by atoms with E-state index in [9.17, 15) is 29.7 Å². The first-order chi connectivity index (χ1) is 9.79. The number of hydrogen-bond donors (Lipinski definition) is 2. The minimum atomic E-state index is -1.96. The van der Waals surface area contributed by atoms with Crippen LogP contribution >= 0.6 is 0 Å². The maximum absolute atomic E-state index is 11.3. The standard InChI is InChI=1S/C13H12O8/c14-8-3-1-7(5-9(8)15)2-4-12(18)21-10(13(19)20)6-11(16)17/h1-5,10,14-15H,6H2,(H,16,17)(H,19,20)/p-2/b4-2+. The third-order valence-corrected chi connectivity index (χ3v) is 2.28. The van der Waals surface area contributed by atoms with Crippen molar-refractivity contribution in [2.24, 2.45) is 0 Å². The monoisotopic (exact) mass is 294 g/mol. The Bertz CT molecular complexity index is 590. The summed E-state index contributed by atoms with van der Waals surface area (Å²) in [5.74, 6) is -5.43. The van der Waals surface area contributed by atoms with E-state index in [4.69, 9.17) is 5.11 Å². The lowest BCUT2D eigenvalue weighted by molar-refractivity contribution is -0.324. The molecule has 1 aromatic carbocycles. The molecule has 0 aromatic heterocycles. The van der Waals surface area contributed by atoms with Crippen LogP contribution < -0.4 is 10.2 Å². The molecule has 0 aliphatic heterocycles. The Kier molecular flexibility index (Phi) is 5.30. The first-order valence-corrected chi connectivity index (χ1v) is 5.61. The van der Waals surface area contributed by atoms with E-state index in [0.29, 0.717) is 5.56 Å². The Morgan fingerprint density at radius 3 is 2.38 bits per heavy atom. The summed E-state index contributed by atoms with van der Waals surface area (Å²) < 4.78 is 4.38. The summed E-state index contributed by atoms with van der Waals surface area (Å²) in [4.78, 5) is 32.2. The van der Waals surface area contributed by atoms with Crippen LogP contribution in [0.25, 0.3) is 6.08 Å². The van der Waals surface area contributed by atoms with Gasteiger partial charge in [-0.2, -0.15) is 0 Å². The molecule has 0 heterocycles. The lowest BCUT2D eigenvalue weighted by Crippen LogP contribution is -2.42. The fraction of sp³-hybridized carbons (Fsp3) is 0.154. The lowest BCUT2D eigenvalue weighted by Gasteiger charge is -2.18. The van der Waals surface area contributed by atoms with E-state index in [1.165, 1.54) is 18.2 Å². The van der Waals surface area contributed by atoms with Gasteiger partial charge in [-0.05, 0) is 23.8 Å². The Morgan fingerprint density at radius 2 is 1.86 bits per heavy atom. The topological polar surface area (TPSA) is 147 Å². The molecule has 1 atom stereocenters. The minimum Gasteiger partial charge on any atom is -0.550 e. The number of esters is 1. The van der Waals surface area contributed by atoms with Crippen LogP contribution in [0, 0.1) is 0 Å². The van der Waals surface area contributed by atoms with Crippen LogP contribution in [-0.2, 0) is 19.1 Å². The molecule has 1 rings (SSSR count). The van der Waals surface area contributed by atoms with Gasteiger partial charge in [-0.3, -0.25) is 0 Å². The minimum absolute atomic E-state index is 0.326. The van der Waals surface area contributed by atoms with Crippen LogP contribution in [0.2, 0.25) is 0 Å². The molecule has 0 spiro atoms. The number of rotatable bonds is 6. The van der Waals surface area contributed by atoms with Crippen LogP contribution in [0.15, 0.2) is 24.3 Å². The maximum atomic E-state index is 11.3. The van der Waals surface area contributed by atoms with E-state index in [2.05, 4.69) is 4.74 Å². The Balaban J connectivity index is 2.70. The number of carbonyl (C=O) groups excluding carboxylic acids is 3. The molecule has 0 radical (unpaired) electrons. The first-order valence-electron chi connectivity index (χ1n) is 5.61. The quantitative estimate of drug-likeness (QED) is 0.345. The molecule has 0 saturated heterocycles. The van der Waals surface area contributed by atoms with Gasteiger partial charge in [0.25, 0.3) is 0 Å². The van der Waals surface area contributed by atoms with E-state index in [-0.39, 0.29) is 5.75 Å². The van der Waals surface area contributed by atoms with Crippen LogP contribution in [0.4, 0.5) is 0 Å². The number of phenolic OH excluding ortho intramolecular Hbond substituents is 2. The normalized spacial score (nSPS) is 12.0. The summed E-state index contributed by atoms with van der Waals surface area (Å²) >= 11 is 0. The molecule has 0 aliphatic carbocycles. The number of phenols is 2. The average Bonchev–Trinajstić information content (AvgIpc) is 2.38. The number of ether oxygens (including phenoxy) is 1. The van der Waals surface area contributed by atoms with Crippen molar-refractivity contribution < 1.29 is 39.5 Å². The fourth-order valence-electron chi connectivity index (χ4n) is 1.31. The van der Waals surface area contributed by atoms with Gasteiger partial charge in [-0.1, -0.05) is 6.07 Å².